The molecular formula is C19H13Cl2N3O3. The van der Waals surface area contributed by atoms with Gasteiger partial charge in [0.25, 0.3) is 5.91 Å². The number of rotatable bonds is 3. The van der Waals surface area contributed by atoms with E-state index in [0.717, 1.165) is 4.90 Å². The van der Waals surface area contributed by atoms with Gasteiger partial charge < -0.3 is 0 Å². The molecule has 8 heteroatoms. The van der Waals surface area contributed by atoms with Crippen molar-refractivity contribution in [2.45, 2.75) is 13.0 Å². The maximum absolute atomic E-state index is 13.2. The molecule has 136 valence electrons. The predicted octanol–water partition coefficient (Wildman–Crippen LogP) is 3.32. The molecule has 0 spiro atoms. The van der Waals surface area contributed by atoms with Crippen LogP contribution in [0.5, 0.6) is 0 Å². The number of fused-ring (bicyclic) bond motifs is 1. The first-order valence-corrected chi connectivity index (χ1v) is 8.92. The van der Waals surface area contributed by atoms with Crippen LogP contribution in [-0.2, 0) is 14.4 Å². The van der Waals surface area contributed by atoms with Crippen LogP contribution in [0.2, 0.25) is 10.0 Å². The Kier molecular flexibility index (Phi) is 4.25. The van der Waals surface area contributed by atoms with Crippen LogP contribution in [0.4, 0.5) is 11.4 Å². The van der Waals surface area contributed by atoms with Gasteiger partial charge in [0.2, 0.25) is 5.91 Å². The number of Topliss-reactive ketones (excluding diaryl/α,β-unsaturated/α-hetero) is 1. The van der Waals surface area contributed by atoms with Gasteiger partial charge in [-0.25, -0.2) is 4.90 Å². The number of hydrogen-bond acceptors (Lipinski definition) is 5. The molecule has 2 aromatic rings. The SMILES string of the molecule is CC(=O)C1=NN(c2cccc(Cl)c2)[C@@H]2C(=O)N(c3ccccc3Cl)C(=O)[C@H]12. The van der Waals surface area contributed by atoms with E-state index in [1.165, 1.54) is 11.9 Å². The van der Waals surface area contributed by atoms with Crippen LogP contribution in [0.15, 0.2) is 53.6 Å². The third kappa shape index (κ3) is 2.72. The average molecular weight is 402 g/mol. The van der Waals surface area contributed by atoms with Crippen molar-refractivity contribution >= 4 is 57.9 Å². The van der Waals surface area contributed by atoms with Gasteiger partial charge in [0.15, 0.2) is 5.78 Å². The summed E-state index contributed by atoms with van der Waals surface area (Å²) in [6.07, 6.45) is 0. The number of carbonyl (C=O) groups is 3. The summed E-state index contributed by atoms with van der Waals surface area (Å²) < 4.78 is 0. The van der Waals surface area contributed by atoms with Gasteiger partial charge in [-0.2, -0.15) is 5.10 Å². The molecule has 2 heterocycles. The lowest BCUT2D eigenvalue weighted by Crippen LogP contribution is -2.39. The van der Waals surface area contributed by atoms with E-state index in [2.05, 4.69) is 5.10 Å². The molecule has 0 saturated carbocycles. The second kappa shape index (κ2) is 6.48. The van der Waals surface area contributed by atoms with Crippen molar-refractivity contribution in [2.75, 3.05) is 9.91 Å². The number of halogens is 2. The van der Waals surface area contributed by atoms with Gasteiger partial charge >= 0.3 is 0 Å². The minimum atomic E-state index is -0.981. The summed E-state index contributed by atoms with van der Waals surface area (Å²) in [7, 11) is 0. The highest BCUT2D eigenvalue weighted by Crippen LogP contribution is 2.40. The van der Waals surface area contributed by atoms with Crippen LogP contribution in [0.1, 0.15) is 6.92 Å². The molecular weight excluding hydrogens is 389 g/mol. The fourth-order valence-corrected chi connectivity index (χ4v) is 3.81. The molecule has 2 aliphatic rings. The van der Waals surface area contributed by atoms with Gasteiger partial charge in [-0.1, -0.05) is 41.4 Å². The molecule has 0 bridgehead atoms. The summed E-state index contributed by atoms with van der Waals surface area (Å²) in [4.78, 5) is 39.4. The van der Waals surface area contributed by atoms with E-state index in [0.29, 0.717) is 10.7 Å². The summed E-state index contributed by atoms with van der Waals surface area (Å²) in [6.45, 7) is 1.33. The number of para-hydroxylation sites is 1. The van der Waals surface area contributed by atoms with Gasteiger partial charge in [-0.05, 0) is 30.3 Å². The summed E-state index contributed by atoms with van der Waals surface area (Å²) >= 11 is 12.2. The van der Waals surface area contributed by atoms with Crippen molar-refractivity contribution in [1.29, 1.82) is 0 Å². The number of hydrogen-bond donors (Lipinski definition) is 0. The fourth-order valence-electron chi connectivity index (χ4n) is 3.41. The molecule has 4 rings (SSSR count). The number of carbonyl (C=O) groups excluding carboxylic acids is 3. The first kappa shape index (κ1) is 17.7. The van der Waals surface area contributed by atoms with E-state index in [9.17, 15) is 14.4 Å². The van der Waals surface area contributed by atoms with Gasteiger partial charge in [-0.15, -0.1) is 0 Å². The van der Waals surface area contributed by atoms with Crippen molar-refractivity contribution in [3.63, 3.8) is 0 Å². The molecule has 27 heavy (non-hydrogen) atoms. The van der Waals surface area contributed by atoms with Crippen molar-refractivity contribution in [2.24, 2.45) is 11.0 Å². The van der Waals surface area contributed by atoms with E-state index in [1.54, 1.807) is 48.5 Å². The highest BCUT2D eigenvalue weighted by molar-refractivity contribution is 6.49. The van der Waals surface area contributed by atoms with Gasteiger partial charge in [-0.3, -0.25) is 19.4 Å². The minimum absolute atomic E-state index is 0.0490. The number of imide groups is 1. The summed E-state index contributed by atoms with van der Waals surface area (Å²) in [6, 6.07) is 12.4. The second-order valence-electron chi connectivity index (χ2n) is 6.25. The maximum Gasteiger partial charge on any atom is 0.259 e. The Hall–Kier alpha value is -2.70. The number of nitrogens with zero attached hydrogens (tertiary/aromatic N) is 3. The topological polar surface area (TPSA) is 70.1 Å². The molecule has 1 fully saturated rings. The molecule has 0 N–H and O–H groups in total. The van der Waals surface area contributed by atoms with Crippen LogP contribution >= 0.6 is 23.2 Å². The lowest BCUT2D eigenvalue weighted by Gasteiger charge is -2.22. The molecule has 2 amide bonds. The standard InChI is InChI=1S/C19H13Cl2N3O3/c1-10(25)16-15-17(24(22-16)12-6-4-5-11(20)9-12)19(27)23(18(15)26)14-8-3-2-7-13(14)21/h2-9,15,17H,1H3/t15-,17+/m1/s1. The molecule has 1 saturated heterocycles. The minimum Gasteiger partial charge on any atom is -0.293 e. The van der Waals surface area contributed by atoms with Crippen LogP contribution in [0.25, 0.3) is 0 Å². The summed E-state index contributed by atoms with van der Waals surface area (Å²) in [5.74, 6) is -2.35. The van der Waals surface area contributed by atoms with Gasteiger partial charge in [0, 0.05) is 11.9 Å². The van der Waals surface area contributed by atoms with E-state index in [4.69, 9.17) is 23.2 Å². The number of ketones is 1. The normalized spacial score (nSPS) is 21.5. The first-order chi connectivity index (χ1) is 12.9. The number of hydrazone groups is 1. The second-order valence-corrected chi connectivity index (χ2v) is 7.10. The Labute approximate surface area is 165 Å². The Morgan fingerprint density at radius 3 is 2.44 bits per heavy atom. The highest BCUT2D eigenvalue weighted by Gasteiger charge is 2.58. The zero-order valence-electron chi connectivity index (χ0n) is 14.1. The van der Waals surface area contributed by atoms with Crippen molar-refractivity contribution < 1.29 is 14.4 Å². The third-order valence-electron chi connectivity index (χ3n) is 4.58. The molecule has 0 unspecified atom stereocenters. The Bertz CT molecular complexity index is 1020. The van der Waals surface area contributed by atoms with Crippen molar-refractivity contribution in [1.82, 2.24) is 0 Å². The Morgan fingerprint density at radius 2 is 1.78 bits per heavy atom. The number of anilines is 2. The third-order valence-corrected chi connectivity index (χ3v) is 5.13. The predicted molar refractivity (Wildman–Crippen MR) is 103 cm³/mol. The van der Waals surface area contributed by atoms with Crippen LogP contribution < -0.4 is 9.91 Å². The zero-order valence-corrected chi connectivity index (χ0v) is 15.6. The largest absolute Gasteiger partial charge is 0.293 e. The van der Waals surface area contributed by atoms with Gasteiger partial charge in [0.05, 0.1) is 16.4 Å². The molecule has 0 aliphatic carbocycles. The lowest BCUT2D eigenvalue weighted by molar-refractivity contribution is -0.122. The first-order valence-electron chi connectivity index (χ1n) is 8.16. The number of amides is 2. The molecule has 6 nitrogen and oxygen atoms in total. The smallest absolute Gasteiger partial charge is 0.259 e. The molecule has 2 aliphatic heterocycles. The van der Waals surface area contributed by atoms with E-state index < -0.39 is 23.8 Å². The Balaban J connectivity index is 1.83. The average Bonchev–Trinajstić information content (AvgIpc) is 3.14. The van der Waals surface area contributed by atoms with Crippen molar-refractivity contribution in [3.05, 3.63) is 58.6 Å². The molecule has 0 aromatic heterocycles. The molecule has 2 aromatic carbocycles. The van der Waals surface area contributed by atoms with E-state index in [1.807, 2.05) is 0 Å². The van der Waals surface area contributed by atoms with Crippen LogP contribution in [0, 0.1) is 5.92 Å². The number of benzene rings is 2. The van der Waals surface area contributed by atoms with Crippen LogP contribution in [0.3, 0.4) is 0 Å². The summed E-state index contributed by atoms with van der Waals surface area (Å²) in [5, 5.41) is 6.40. The summed E-state index contributed by atoms with van der Waals surface area (Å²) in [5.41, 5.74) is 0.862. The van der Waals surface area contributed by atoms with E-state index in [-0.39, 0.29) is 22.2 Å². The zero-order chi connectivity index (χ0) is 19.3. The van der Waals surface area contributed by atoms with Crippen molar-refractivity contribution in [3.8, 4) is 0 Å². The van der Waals surface area contributed by atoms with Gasteiger partial charge in [0.1, 0.15) is 17.7 Å². The highest BCUT2D eigenvalue weighted by atomic mass is 35.5. The fraction of sp³-hybridized carbons (Fsp3) is 0.158. The Morgan fingerprint density at radius 1 is 1.04 bits per heavy atom. The van der Waals surface area contributed by atoms with Crippen LogP contribution in [-0.4, -0.2) is 29.4 Å². The molecule has 0 radical (unpaired) electrons. The lowest BCUT2D eigenvalue weighted by atomic mass is 9.95. The molecule has 2 atom stereocenters. The maximum atomic E-state index is 13.2. The quantitative estimate of drug-likeness (QED) is 0.739. The monoisotopic (exact) mass is 401 g/mol. The van der Waals surface area contributed by atoms with E-state index >= 15 is 0 Å².